The van der Waals surface area contributed by atoms with E-state index in [-0.39, 0.29) is 18.5 Å². The number of unbranched alkanes of at least 4 members (excludes halogenated alkanes) is 35. The lowest BCUT2D eigenvalue weighted by atomic mass is 9.99. The highest BCUT2D eigenvalue weighted by Gasteiger charge is 2.44. The van der Waals surface area contributed by atoms with E-state index in [1.807, 2.05) is 6.08 Å². The molecule has 7 unspecified atom stereocenters. The third-order valence-corrected chi connectivity index (χ3v) is 14.1. The molecule has 0 bridgehead atoms. The Bertz CT molecular complexity index is 1220. The molecular formula is C59H111NO10. The minimum absolute atomic E-state index is 0.0123. The second-order valence-electron chi connectivity index (χ2n) is 20.7. The molecule has 0 aliphatic carbocycles. The monoisotopic (exact) mass is 994 g/mol. The first kappa shape index (κ1) is 66.2. The van der Waals surface area contributed by atoms with E-state index >= 15 is 0 Å². The summed E-state index contributed by atoms with van der Waals surface area (Å²) in [6, 6.07) is -0.831. The largest absolute Gasteiger partial charge is 0.466 e. The number of allylic oxidation sites excluding steroid dienone is 3. The fourth-order valence-electron chi connectivity index (χ4n) is 9.33. The SMILES string of the molecule is CCCCCCCCCC/C=C/CC/C=C/C(O)C(COC1OC(CO)C(O)C(O)C1O)NC(=O)CCCCCCCCCCCCCCCCCCCOC(=O)CCCCCCCCCCCCC. The van der Waals surface area contributed by atoms with Crippen molar-refractivity contribution in [1.29, 1.82) is 0 Å². The molecule has 1 fully saturated rings. The minimum Gasteiger partial charge on any atom is -0.466 e. The molecule has 6 N–H and O–H groups in total. The molecule has 0 radical (unpaired) electrons. The van der Waals surface area contributed by atoms with Gasteiger partial charge in [0.1, 0.15) is 24.4 Å². The summed E-state index contributed by atoms with van der Waals surface area (Å²) in [6.07, 6.45) is 48.3. The van der Waals surface area contributed by atoms with Crippen molar-refractivity contribution in [3.8, 4) is 0 Å². The zero-order valence-corrected chi connectivity index (χ0v) is 45.2. The Morgan fingerprint density at radius 1 is 0.514 bits per heavy atom. The normalized spacial score (nSPS) is 19.3. The van der Waals surface area contributed by atoms with Gasteiger partial charge in [-0.25, -0.2) is 0 Å². The van der Waals surface area contributed by atoms with Gasteiger partial charge in [-0.3, -0.25) is 9.59 Å². The summed E-state index contributed by atoms with van der Waals surface area (Å²) in [7, 11) is 0. The van der Waals surface area contributed by atoms with Gasteiger partial charge in [-0.15, -0.1) is 0 Å². The molecule has 0 spiro atoms. The highest BCUT2D eigenvalue weighted by molar-refractivity contribution is 5.76. The average Bonchev–Trinajstić information content (AvgIpc) is 3.36. The molecule has 1 rings (SSSR count). The Labute approximate surface area is 429 Å². The van der Waals surface area contributed by atoms with Crippen LogP contribution in [0.15, 0.2) is 24.3 Å². The molecule has 70 heavy (non-hydrogen) atoms. The van der Waals surface area contributed by atoms with Gasteiger partial charge in [0.25, 0.3) is 0 Å². The van der Waals surface area contributed by atoms with Gasteiger partial charge < -0.3 is 45.1 Å². The first-order valence-electron chi connectivity index (χ1n) is 29.6. The number of rotatable bonds is 51. The van der Waals surface area contributed by atoms with Crippen LogP contribution in [0.4, 0.5) is 0 Å². The predicted molar refractivity (Wildman–Crippen MR) is 288 cm³/mol. The van der Waals surface area contributed by atoms with E-state index in [0.717, 1.165) is 70.6 Å². The van der Waals surface area contributed by atoms with Crippen molar-refractivity contribution in [2.45, 2.75) is 320 Å². The van der Waals surface area contributed by atoms with Gasteiger partial charge in [-0.2, -0.15) is 0 Å². The number of nitrogens with one attached hydrogen (secondary N) is 1. The zero-order valence-electron chi connectivity index (χ0n) is 45.2. The van der Waals surface area contributed by atoms with Crippen molar-refractivity contribution in [1.82, 2.24) is 5.32 Å². The van der Waals surface area contributed by atoms with Crippen LogP contribution in [0.2, 0.25) is 0 Å². The van der Waals surface area contributed by atoms with Crippen molar-refractivity contribution in [3.63, 3.8) is 0 Å². The summed E-state index contributed by atoms with van der Waals surface area (Å²) in [6.45, 7) is 4.31. The summed E-state index contributed by atoms with van der Waals surface area (Å²) in [5, 5.41) is 54.4. The number of carbonyl (C=O) groups excluding carboxylic acids is 2. The maximum atomic E-state index is 13.0. The van der Waals surface area contributed by atoms with Crippen LogP contribution in [0, 0.1) is 0 Å². The van der Waals surface area contributed by atoms with Crippen molar-refractivity contribution in [3.05, 3.63) is 24.3 Å². The molecule has 7 atom stereocenters. The Hall–Kier alpha value is -1.86. The number of aliphatic hydroxyl groups excluding tert-OH is 5. The van der Waals surface area contributed by atoms with E-state index in [0.29, 0.717) is 19.4 Å². The van der Waals surface area contributed by atoms with Crippen LogP contribution >= 0.6 is 0 Å². The highest BCUT2D eigenvalue weighted by Crippen LogP contribution is 2.23. The minimum atomic E-state index is -1.58. The second kappa shape index (κ2) is 49.4. The number of esters is 1. The van der Waals surface area contributed by atoms with E-state index in [1.54, 1.807) is 6.08 Å². The lowest BCUT2D eigenvalue weighted by molar-refractivity contribution is -0.302. The van der Waals surface area contributed by atoms with Gasteiger partial charge >= 0.3 is 5.97 Å². The second-order valence-corrected chi connectivity index (χ2v) is 20.7. The van der Waals surface area contributed by atoms with Gasteiger partial charge in [0.15, 0.2) is 6.29 Å². The van der Waals surface area contributed by atoms with E-state index < -0.39 is 49.5 Å². The number of carbonyl (C=O) groups is 2. The van der Waals surface area contributed by atoms with Crippen LogP contribution in [0.1, 0.15) is 277 Å². The molecule has 1 saturated heterocycles. The molecule has 1 aliphatic rings. The number of hydrogen-bond donors (Lipinski definition) is 6. The topological polar surface area (TPSA) is 175 Å². The highest BCUT2D eigenvalue weighted by atomic mass is 16.7. The van der Waals surface area contributed by atoms with E-state index in [2.05, 4.69) is 31.3 Å². The molecule has 1 aliphatic heterocycles. The standard InChI is InChI=1S/C59H111NO10/c1-3-5-7-9-11-13-15-16-22-26-29-33-37-41-45-52(62)51(50-69-59-58(67)57(66)56(65)53(49-61)70-59)60-54(63)46-42-38-34-30-27-23-20-18-17-19-21-24-28-32-36-40-44-48-68-55(64)47-43-39-35-31-25-14-12-10-8-6-4-2/h26,29,41,45,51-53,56-59,61-62,65-67H,3-25,27-28,30-40,42-44,46-50H2,1-2H3,(H,60,63)/b29-26+,45-41+. The zero-order chi connectivity index (χ0) is 51.0. The fraction of sp³-hybridized carbons (Fsp3) is 0.898. The van der Waals surface area contributed by atoms with Crippen molar-refractivity contribution < 1.29 is 49.3 Å². The van der Waals surface area contributed by atoms with E-state index in [4.69, 9.17) is 14.2 Å². The molecule has 0 aromatic carbocycles. The van der Waals surface area contributed by atoms with Gasteiger partial charge in [0, 0.05) is 12.8 Å². The number of amides is 1. The summed E-state index contributed by atoms with van der Waals surface area (Å²) in [5.41, 5.74) is 0. The summed E-state index contributed by atoms with van der Waals surface area (Å²) in [5.74, 6) is -0.208. The lowest BCUT2D eigenvalue weighted by Crippen LogP contribution is -2.60. The van der Waals surface area contributed by atoms with Gasteiger partial charge in [0.2, 0.25) is 5.91 Å². The molecule has 412 valence electrons. The van der Waals surface area contributed by atoms with Gasteiger partial charge in [-0.1, -0.05) is 244 Å². The van der Waals surface area contributed by atoms with E-state index in [1.165, 1.54) is 180 Å². The van der Waals surface area contributed by atoms with Crippen LogP contribution in [-0.2, 0) is 23.8 Å². The molecule has 0 aromatic heterocycles. The van der Waals surface area contributed by atoms with Crippen LogP contribution in [-0.4, -0.2) is 100 Å². The quantitative estimate of drug-likeness (QED) is 0.0195. The van der Waals surface area contributed by atoms with Crippen molar-refractivity contribution in [2.75, 3.05) is 19.8 Å². The predicted octanol–water partition coefficient (Wildman–Crippen LogP) is 13.3. The third-order valence-electron chi connectivity index (χ3n) is 14.1. The average molecular weight is 995 g/mol. The molecule has 11 heteroatoms. The van der Waals surface area contributed by atoms with Gasteiger partial charge in [0.05, 0.1) is 32.0 Å². The lowest BCUT2D eigenvalue weighted by Gasteiger charge is -2.40. The summed E-state index contributed by atoms with van der Waals surface area (Å²) >= 11 is 0. The Kier molecular flexibility index (Phi) is 46.6. The Balaban J connectivity index is 2.13. The molecule has 1 heterocycles. The maximum absolute atomic E-state index is 13.0. The molecule has 0 aromatic rings. The van der Waals surface area contributed by atoms with Crippen molar-refractivity contribution >= 4 is 11.9 Å². The smallest absolute Gasteiger partial charge is 0.305 e. The molecule has 11 nitrogen and oxygen atoms in total. The molecule has 0 saturated carbocycles. The first-order chi connectivity index (χ1) is 34.2. The number of hydrogen-bond acceptors (Lipinski definition) is 10. The fourth-order valence-corrected chi connectivity index (χ4v) is 9.33. The van der Waals surface area contributed by atoms with Gasteiger partial charge in [-0.05, 0) is 44.9 Å². The van der Waals surface area contributed by atoms with Crippen molar-refractivity contribution in [2.24, 2.45) is 0 Å². The van der Waals surface area contributed by atoms with Crippen LogP contribution in [0.5, 0.6) is 0 Å². The van der Waals surface area contributed by atoms with E-state index in [9.17, 15) is 35.1 Å². The number of ether oxygens (including phenoxy) is 3. The summed E-state index contributed by atoms with van der Waals surface area (Å²) < 4.78 is 16.7. The molecule has 1 amide bonds. The van der Waals surface area contributed by atoms with Crippen LogP contribution in [0.25, 0.3) is 0 Å². The van der Waals surface area contributed by atoms with Crippen LogP contribution in [0.3, 0.4) is 0 Å². The summed E-state index contributed by atoms with van der Waals surface area (Å²) in [4.78, 5) is 25.1. The Morgan fingerprint density at radius 2 is 0.929 bits per heavy atom. The number of aliphatic hydroxyl groups is 5. The Morgan fingerprint density at radius 3 is 1.41 bits per heavy atom. The third kappa shape index (κ3) is 38.7. The maximum Gasteiger partial charge on any atom is 0.305 e. The first-order valence-corrected chi connectivity index (χ1v) is 29.6. The van der Waals surface area contributed by atoms with Crippen LogP contribution < -0.4 is 5.32 Å². The molecular weight excluding hydrogens is 883 g/mol.